The van der Waals surface area contributed by atoms with Gasteiger partial charge >= 0.3 is 0 Å². The van der Waals surface area contributed by atoms with Crippen LogP contribution in [0.4, 0.5) is 10.1 Å². The fraction of sp³-hybridized carbons (Fsp3) is 0.136. The first-order valence-corrected chi connectivity index (χ1v) is 8.99. The minimum absolute atomic E-state index is 0.104. The molecule has 6 heteroatoms. The zero-order valence-corrected chi connectivity index (χ0v) is 15.1. The van der Waals surface area contributed by atoms with Crippen LogP contribution in [0.1, 0.15) is 32.0 Å². The number of carbonyl (C=O) groups excluding carboxylic acids is 2. The second-order valence-corrected chi connectivity index (χ2v) is 6.64. The van der Waals surface area contributed by atoms with Crippen LogP contribution in [0.25, 0.3) is 0 Å². The van der Waals surface area contributed by atoms with E-state index in [0.29, 0.717) is 24.3 Å². The van der Waals surface area contributed by atoms with Gasteiger partial charge in [-0.25, -0.2) is 4.39 Å². The van der Waals surface area contributed by atoms with Gasteiger partial charge in [-0.3, -0.25) is 14.6 Å². The van der Waals surface area contributed by atoms with Crippen LogP contribution in [0.3, 0.4) is 0 Å². The van der Waals surface area contributed by atoms with Crippen LogP contribution in [0.15, 0.2) is 66.9 Å². The molecule has 1 aliphatic heterocycles. The van der Waals surface area contributed by atoms with Crippen molar-refractivity contribution in [1.29, 1.82) is 0 Å². The van der Waals surface area contributed by atoms with Gasteiger partial charge in [0.2, 0.25) is 0 Å². The smallest absolute Gasteiger partial charge is 0.274 e. The number of carbonyl (C=O) groups is 2. The molecule has 1 aromatic heterocycles. The third kappa shape index (κ3) is 3.76. The van der Waals surface area contributed by atoms with E-state index in [0.717, 1.165) is 12.0 Å². The lowest BCUT2D eigenvalue weighted by Gasteiger charge is -2.29. The average Bonchev–Trinajstić information content (AvgIpc) is 2.73. The van der Waals surface area contributed by atoms with E-state index >= 15 is 0 Å². The van der Waals surface area contributed by atoms with Crippen LogP contribution in [0, 0.1) is 5.82 Å². The summed E-state index contributed by atoms with van der Waals surface area (Å²) in [5.74, 6) is -1.08. The minimum atomic E-state index is -0.496. The molecule has 0 saturated heterocycles. The summed E-state index contributed by atoms with van der Waals surface area (Å²) in [5.41, 5.74) is 3.24. The lowest BCUT2D eigenvalue weighted by atomic mass is 9.99. The van der Waals surface area contributed by atoms with Crippen molar-refractivity contribution in [3.63, 3.8) is 0 Å². The van der Waals surface area contributed by atoms with Gasteiger partial charge in [-0.05, 0) is 47.9 Å². The Morgan fingerprint density at radius 3 is 2.64 bits per heavy atom. The molecule has 140 valence electrons. The molecule has 0 unspecified atom stereocenters. The predicted molar refractivity (Wildman–Crippen MR) is 103 cm³/mol. The van der Waals surface area contributed by atoms with Crippen LogP contribution in [0.2, 0.25) is 0 Å². The molecule has 0 spiro atoms. The van der Waals surface area contributed by atoms with Crippen molar-refractivity contribution in [2.75, 3.05) is 11.9 Å². The largest absolute Gasteiger partial charge is 0.334 e. The number of amides is 2. The van der Waals surface area contributed by atoms with Crippen LogP contribution in [-0.4, -0.2) is 28.2 Å². The molecule has 2 aromatic carbocycles. The topological polar surface area (TPSA) is 62.3 Å². The Labute approximate surface area is 161 Å². The van der Waals surface area contributed by atoms with Crippen molar-refractivity contribution < 1.29 is 14.0 Å². The van der Waals surface area contributed by atoms with Crippen LogP contribution in [-0.2, 0) is 13.0 Å². The highest BCUT2D eigenvalue weighted by Gasteiger charge is 2.22. The Balaban J connectivity index is 1.50. The van der Waals surface area contributed by atoms with E-state index in [1.165, 1.54) is 36.0 Å². The highest BCUT2D eigenvalue weighted by atomic mass is 19.1. The summed E-state index contributed by atoms with van der Waals surface area (Å²) in [4.78, 5) is 31.1. The molecule has 0 aliphatic carbocycles. The number of rotatable bonds is 3. The Morgan fingerprint density at radius 2 is 1.82 bits per heavy atom. The fourth-order valence-electron chi connectivity index (χ4n) is 3.30. The average molecular weight is 375 g/mol. The molecule has 4 rings (SSSR count). The van der Waals surface area contributed by atoms with Crippen LogP contribution >= 0.6 is 0 Å². The molecule has 2 heterocycles. The van der Waals surface area contributed by atoms with Gasteiger partial charge in [0, 0.05) is 30.5 Å². The number of benzene rings is 2. The van der Waals surface area contributed by atoms with Crippen molar-refractivity contribution in [2.24, 2.45) is 0 Å². The molecule has 0 atom stereocenters. The molecule has 5 nitrogen and oxygen atoms in total. The summed E-state index contributed by atoms with van der Waals surface area (Å²) >= 11 is 0. The summed E-state index contributed by atoms with van der Waals surface area (Å²) < 4.78 is 13.3. The van der Waals surface area contributed by atoms with Gasteiger partial charge in [-0.2, -0.15) is 0 Å². The molecule has 1 aliphatic rings. The van der Waals surface area contributed by atoms with Gasteiger partial charge < -0.3 is 10.2 Å². The molecule has 1 N–H and O–H groups in total. The van der Waals surface area contributed by atoms with Gasteiger partial charge in [-0.15, -0.1) is 0 Å². The van der Waals surface area contributed by atoms with E-state index in [1.54, 1.807) is 17.0 Å². The van der Waals surface area contributed by atoms with Crippen molar-refractivity contribution in [1.82, 2.24) is 9.88 Å². The number of halogens is 1. The number of fused-ring (bicyclic) bond motifs is 1. The maximum Gasteiger partial charge on any atom is 0.274 e. The number of nitrogens with one attached hydrogen (secondary N) is 1. The molecule has 0 bridgehead atoms. The molecular weight excluding hydrogens is 357 g/mol. The zero-order chi connectivity index (χ0) is 19.5. The maximum absolute atomic E-state index is 13.3. The van der Waals surface area contributed by atoms with E-state index < -0.39 is 11.7 Å². The SMILES string of the molecule is O=C(Nc1cccc(F)c1)c1cc(C(=O)N2CCc3ccccc3C2)ccn1. The minimum Gasteiger partial charge on any atom is -0.334 e. The second kappa shape index (κ2) is 7.60. The highest BCUT2D eigenvalue weighted by Crippen LogP contribution is 2.20. The number of aromatic nitrogens is 1. The van der Waals surface area contributed by atoms with Gasteiger partial charge in [0.15, 0.2) is 0 Å². The monoisotopic (exact) mass is 375 g/mol. The summed E-state index contributed by atoms with van der Waals surface area (Å²) in [6.45, 7) is 1.17. The predicted octanol–water partition coefficient (Wildman–Crippen LogP) is 3.67. The van der Waals surface area contributed by atoms with Gasteiger partial charge in [-0.1, -0.05) is 30.3 Å². The van der Waals surface area contributed by atoms with E-state index in [1.807, 2.05) is 18.2 Å². The Bertz CT molecular complexity index is 1050. The summed E-state index contributed by atoms with van der Waals surface area (Å²) in [6.07, 6.45) is 2.24. The quantitative estimate of drug-likeness (QED) is 0.760. The Kier molecular flexibility index (Phi) is 4.85. The molecule has 0 radical (unpaired) electrons. The number of hydrogen-bond donors (Lipinski definition) is 1. The third-order valence-corrected chi connectivity index (χ3v) is 4.74. The molecule has 0 saturated carbocycles. The maximum atomic E-state index is 13.3. The lowest BCUT2D eigenvalue weighted by molar-refractivity contribution is 0.0734. The van der Waals surface area contributed by atoms with E-state index in [4.69, 9.17) is 0 Å². The molecule has 2 amide bonds. The standard InChI is InChI=1S/C22H18FN3O2/c23-18-6-3-7-19(13-18)25-21(27)20-12-16(8-10-24-20)22(28)26-11-9-15-4-1-2-5-17(15)14-26/h1-8,10,12-13H,9,11,14H2,(H,25,27). The number of anilines is 1. The highest BCUT2D eigenvalue weighted by molar-refractivity contribution is 6.04. The van der Waals surface area contributed by atoms with E-state index in [-0.39, 0.29) is 11.6 Å². The zero-order valence-electron chi connectivity index (χ0n) is 15.1. The molecular formula is C22H18FN3O2. The molecule has 3 aromatic rings. The van der Waals surface area contributed by atoms with Crippen molar-refractivity contribution in [3.05, 3.63) is 95.1 Å². The Hall–Kier alpha value is -3.54. The van der Waals surface area contributed by atoms with Crippen LogP contribution in [0.5, 0.6) is 0 Å². The number of pyridine rings is 1. The van der Waals surface area contributed by atoms with Crippen molar-refractivity contribution >= 4 is 17.5 Å². The summed E-state index contributed by atoms with van der Waals surface area (Å²) in [5, 5.41) is 2.59. The first kappa shape index (κ1) is 17.9. The van der Waals surface area contributed by atoms with Crippen molar-refractivity contribution in [2.45, 2.75) is 13.0 Å². The second-order valence-electron chi connectivity index (χ2n) is 6.64. The van der Waals surface area contributed by atoms with Crippen molar-refractivity contribution in [3.8, 4) is 0 Å². The first-order valence-electron chi connectivity index (χ1n) is 8.99. The molecule has 0 fully saturated rings. The first-order chi connectivity index (χ1) is 13.6. The fourth-order valence-corrected chi connectivity index (χ4v) is 3.30. The number of hydrogen-bond acceptors (Lipinski definition) is 3. The van der Waals surface area contributed by atoms with Gasteiger partial charge in [0.25, 0.3) is 11.8 Å². The van der Waals surface area contributed by atoms with E-state index in [2.05, 4.69) is 16.4 Å². The molecule has 28 heavy (non-hydrogen) atoms. The van der Waals surface area contributed by atoms with Crippen LogP contribution < -0.4 is 5.32 Å². The summed E-state index contributed by atoms with van der Waals surface area (Å²) in [7, 11) is 0. The van der Waals surface area contributed by atoms with Gasteiger partial charge in [0.05, 0.1) is 0 Å². The normalized spacial score (nSPS) is 13.0. The summed E-state index contributed by atoms with van der Waals surface area (Å²) in [6, 6.07) is 16.8. The lowest BCUT2D eigenvalue weighted by Crippen LogP contribution is -2.36. The third-order valence-electron chi connectivity index (χ3n) is 4.74. The van der Waals surface area contributed by atoms with E-state index in [9.17, 15) is 14.0 Å². The number of nitrogens with zero attached hydrogens (tertiary/aromatic N) is 2. The Morgan fingerprint density at radius 1 is 1.00 bits per heavy atom. The van der Waals surface area contributed by atoms with Gasteiger partial charge in [0.1, 0.15) is 11.5 Å².